The van der Waals surface area contributed by atoms with Crippen molar-refractivity contribution in [1.29, 1.82) is 0 Å². The molecule has 2 aromatic heterocycles. The zero-order valence-corrected chi connectivity index (χ0v) is 16.3. The van der Waals surface area contributed by atoms with E-state index in [1.165, 1.54) is 60.1 Å². The lowest BCUT2D eigenvalue weighted by Gasteiger charge is -2.08. The molecule has 2 nitrogen and oxygen atoms in total. The van der Waals surface area contributed by atoms with Crippen molar-refractivity contribution in [1.82, 2.24) is 9.55 Å². The minimum Gasteiger partial charge on any atom is -0.352 e. The van der Waals surface area contributed by atoms with Crippen LogP contribution in [0.4, 0.5) is 0 Å². The molecule has 0 aliphatic heterocycles. The van der Waals surface area contributed by atoms with E-state index < -0.39 is 0 Å². The molecule has 0 saturated heterocycles. The molecule has 0 aliphatic rings. The SMILES string of the molecule is c1ccc(-n2c3ccccc3c3ccc4c5ccc6ccccc6c5[nH]c4c32)cc1. The second-order valence-corrected chi connectivity index (χ2v) is 7.91. The van der Waals surface area contributed by atoms with E-state index in [4.69, 9.17) is 0 Å². The number of benzene rings is 5. The maximum absolute atomic E-state index is 3.81. The zero-order chi connectivity index (χ0) is 19.7. The highest BCUT2D eigenvalue weighted by Gasteiger charge is 2.17. The van der Waals surface area contributed by atoms with Gasteiger partial charge in [0, 0.05) is 32.6 Å². The van der Waals surface area contributed by atoms with E-state index in [0.717, 1.165) is 0 Å². The van der Waals surface area contributed by atoms with E-state index in [0.29, 0.717) is 0 Å². The Kier molecular flexibility index (Phi) is 3.03. The van der Waals surface area contributed by atoms with E-state index >= 15 is 0 Å². The van der Waals surface area contributed by atoms with Crippen molar-refractivity contribution in [2.45, 2.75) is 0 Å². The molecule has 0 amide bonds. The highest BCUT2D eigenvalue weighted by Crippen LogP contribution is 2.39. The average Bonchev–Trinajstić information content (AvgIpc) is 3.36. The number of aromatic amines is 1. The highest BCUT2D eigenvalue weighted by molar-refractivity contribution is 6.25. The van der Waals surface area contributed by atoms with Crippen LogP contribution < -0.4 is 0 Å². The number of para-hydroxylation sites is 2. The third kappa shape index (κ3) is 1.98. The smallest absolute Gasteiger partial charge is 0.0783 e. The van der Waals surface area contributed by atoms with Gasteiger partial charge >= 0.3 is 0 Å². The summed E-state index contributed by atoms with van der Waals surface area (Å²) in [4.78, 5) is 3.81. The molecule has 0 atom stereocenters. The molecule has 0 bridgehead atoms. The third-order valence-corrected chi connectivity index (χ3v) is 6.32. The Bertz CT molecular complexity index is 1730. The molecule has 5 aromatic carbocycles. The lowest BCUT2D eigenvalue weighted by atomic mass is 10.0. The Hall–Kier alpha value is -4.04. The topological polar surface area (TPSA) is 20.7 Å². The number of nitrogens with one attached hydrogen (secondary N) is 1. The first-order valence-corrected chi connectivity index (χ1v) is 10.3. The van der Waals surface area contributed by atoms with Crippen LogP contribution in [0.2, 0.25) is 0 Å². The number of aromatic nitrogens is 2. The van der Waals surface area contributed by atoms with E-state index in [9.17, 15) is 0 Å². The molecule has 1 N–H and O–H groups in total. The fourth-order valence-corrected chi connectivity index (χ4v) is 5.01. The molecule has 140 valence electrons. The third-order valence-electron chi connectivity index (χ3n) is 6.32. The minimum absolute atomic E-state index is 1.18. The molecule has 0 radical (unpaired) electrons. The van der Waals surface area contributed by atoms with Crippen LogP contribution in [0.25, 0.3) is 60.1 Å². The summed E-state index contributed by atoms with van der Waals surface area (Å²) >= 11 is 0. The number of hydrogen-bond acceptors (Lipinski definition) is 0. The molecule has 2 heteroatoms. The Balaban J connectivity index is 1.76. The van der Waals surface area contributed by atoms with Crippen LogP contribution in [-0.4, -0.2) is 9.55 Å². The van der Waals surface area contributed by atoms with Crippen LogP contribution in [-0.2, 0) is 0 Å². The predicted molar refractivity (Wildman–Crippen MR) is 128 cm³/mol. The summed E-state index contributed by atoms with van der Waals surface area (Å²) in [6.07, 6.45) is 0. The van der Waals surface area contributed by atoms with Gasteiger partial charge in [-0.2, -0.15) is 0 Å². The van der Waals surface area contributed by atoms with Gasteiger partial charge in [0.15, 0.2) is 0 Å². The lowest BCUT2D eigenvalue weighted by Crippen LogP contribution is -1.93. The Morgan fingerprint density at radius 1 is 0.467 bits per heavy atom. The van der Waals surface area contributed by atoms with Gasteiger partial charge < -0.3 is 9.55 Å². The number of nitrogens with zero attached hydrogens (tertiary/aromatic N) is 1. The van der Waals surface area contributed by atoms with Crippen molar-refractivity contribution in [3.8, 4) is 5.69 Å². The summed E-state index contributed by atoms with van der Waals surface area (Å²) in [5.41, 5.74) is 6.05. The van der Waals surface area contributed by atoms with Gasteiger partial charge in [-0.05, 0) is 23.6 Å². The fraction of sp³-hybridized carbons (Fsp3) is 0. The summed E-state index contributed by atoms with van der Waals surface area (Å²) in [6.45, 7) is 0. The van der Waals surface area contributed by atoms with E-state index in [1.54, 1.807) is 0 Å². The second-order valence-electron chi connectivity index (χ2n) is 7.91. The molecule has 0 spiro atoms. The summed E-state index contributed by atoms with van der Waals surface area (Å²) < 4.78 is 2.39. The van der Waals surface area contributed by atoms with E-state index in [1.807, 2.05) is 0 Å². The van der Waals surface area contributed by atoms with Crippen LogP contribution in [0.15, 0.2) is 103 Å². The molecule has 0 saturated carbocycles. The van der Waals surface area contributed by atoms with Crippen molar-refractivity contribution >= 4 is 54.4 Å². The van der Waals surface area contributed by atoms with Gasteiger partial charge in [-0.15, -0.1) is 0 Å². The summed E-state index contributed by atoms with van der Waals surface area (Å²) in [5, 5.41) is 7.62. The van der Waals surface area contributed by atoms with E-state index in [-0.39, 0.29) is 0 Å². The Labute approximate surface area is 173 Å². The van der Waals surface area contributed by atoms with Gasteiger partial charge in [0.1, 0.15) is 0 Å². The number of rotatable bonds is 1. The van der Waals surface area contributed by atoms with Gasteiger partial charge in [-0.1, -0.05) is 84.9 Å². The normalized spacial score (nSPS) is 12.0. The van der Waals surface area contributed by atoms with Crippen LogP contribution in [0.5, 0.6) is 0 Å². The summed E-state index contributed by atoms with van der Waals surface area (Å²) in [5.74, 6) is 0. The standard InChI is InChI=1S/C28H18N2/c1-2-9-19(10-3-1)30-25-13-7-6-12-21(25)24-17-16-23-22-15-14-18-8-4-5-11-20(18)26(22)29-27(23)28(24)30/h1-17,29H. The maximum atomic E-state index is 3.81. The molecular formula is C28H18N2. The van der Waals surface area contributed by atoms with Crippen molar-refractivity contribution in [2.75, 3.05) is 0 Å². The van der Waals surface area contributed by atoms with Crippen LogP contribution in [0.1, 0.15) is 0 Å². The largest absolute Gasteiger partial charge is 0.352 e. The molecule has 2 heterocycles. The zero-order valence-electron chi connectivity index (χ0n) is 16.3. The first kappa shape index (κ1) is 15.8. The summed E-state index contributed by atoms with van der Waals surface area (Å²) in [6, 6.07) is 37.0. The van der Waals surface area contributed by atoms with Crippen molar-refractivity contribution < 1.29 is 0 Å². The van der Waals surface area contributed by atoms with Crippen LogP contribution >= 0.6 is 0 Å². The predicted octanol–water partition coefficient (Wildman–Crippen LogP) is 7.57. The monoisotopic (exact) mass is 382 g/mol. The minimum atomic E-state index is 1.18. The van der Waals surface area contributed by atoms with Crippen LogP contribution in [0.3, 0.4) is 0 Å². The van der Waals surface area contributed by atoms with Gasteiger partial charge in [0.25, 0.3) is 0 Å². The van der Waals surface area contributed by atoms with Gasteiger partial charge in [-0.25, -0.2) is 0 Å². The van der Waals surface area contributed by atoms with Gasteiger partial charge in [0.2, 0.25) is 0 Å². The highest BCUT2D eigenvalue weighted by atomic mass is 15.0. The van der Waals surface area contributed by atoms with Crippen LogP contribution in [0, 0.1) is 0 Å². The molecule has 0 fully saturated rings. The quantitative estimate of drug-likeness (QED) is 0.302. The van der Waals surface area contributed by atoms with Crippen molar-refractivity contribution in [2.24, 2.45) is 0 Å². The Morgan fingerprint density at radius 2 is 1.13 bits per heavy atom. The van der Waals surface area contributed by atoms with E-state index in [2.05, 4.69) is 113 Å². The average molecular weight is 382 g/mol. The molecule has 30 heavy (non-hydrogen) atoms. The first-order chi connectivity index (χ1) is 14.9. The molecule has 0 aliphatic carbocycles. The number of fused-ring (bicyclic) bond motifs is 9. The number of H-pyrrole nitrogens is 1. The molecule has 0 unspecified atom stereocenters. The van der Waals surface area contributed by atoms with Gasteiger partial charge in [0.05, 0.1) is 22.1 Å². The molecule has 7 aromatic rings. The fourth-order valence-electron chi connectivity index (χ4n) is 5.01. The summed E-state index contributed by atoms with van der Waals surface area (Å²) in [7, 11) is 0. The first-order valence-electron chi connectivity index (χ1n) is 10.3. The molecule has 7 rings (SSSR count). The number of hydrogen-bond donors (Lipinski definition) is 1. The lowest BCUT2D eigenvalue weighted by molar-refractivity contribution is 1.18. The van der Waals surface area contributed by atoms with Crippen molar-refractivity contribution in [3.05, 3.63) is 103 Å². The van der Waals surface area contributed by atoms with Gasteiger partial charge in [-0.3, -0.25) is 0 Å². The van der Waals surface area contributed by atoms with Crippen molar-refractivity contribution in [3.63, 3.8) is 0 Å². The Morgan fingerprint density at radius 3 is 2.03 bits per heavy atom. The molecular weight excluding hydrogens is 364 g/mol. The maximum Gasteiger partial charge on any atom is 0.0783 e. The second kappa shape index (κ2) is 5.74.